The summed E-state index contributed by atoms with van der Waals surface area (Å²) in [5.41, 5.74) is 1.01. The highest BCUT2D eigenvalue weighted by molar-refractivity contribution is 5.73. The number of aldehydes is 1. The normalized spacial score (nSPS) is 50.1. The molecular weight excluding hydrogens is 304 g/mol. The lowest BCUT2D eigenvalue weighted by atomic mass is 9.45. The Hall–Kier alpha value is -0.710. The molecule has 2 aliphatic heterocycles. The van der Waals surface area contributed by atoms with Crippen molar-refractivity contribution in [1.82, 2.24) is 0 Å². The van der Waals surface area contributed by atoms with Crippen LogP contribution in [0.2, 0.25) is 0 Å². The van der Waals surface area contributed by atoms with Crippen molar-refractivity contribution in [2.45, 2.75) is 77.3 Å². The monoisotopic (exact) mass is 334 g/mol. The molecule has 0 aromatic rings. The number of aliphatic hydroxyl groups is 1. The number of rotatable bonds is 2. The number of hydrogen-bond donors (Lipinski definition) is 1. The Bertz CT molecular complexity index is 562. The third kappa shape index (κ3) is 2.41. The number of aliphatic hydroxyl groups excluding tert-OH is 1. The predicted octanol–water partition coefficient (Wildman–Crippen LogP) is 3.23. The summed E-state index contributed by atoms with van der Waals surface area (Å²) < 4.78 is 12.0. The summed E-state index contributed by atoms with van der Waals surface area (Å²) in [6.07, 6.45) is 7.98. The molecule has 0 bridgehead atoms. The molecule has 4 nitrogen and oxygen atoms in total. The van der Waals surface area contributed by atoms with Crippen LogP contribution in [0.25, 0.3) is 0 Å². The highest BCUT2D eigenvalue weighted by Crippen LogP contribution is 2.66. The van der Waals surface area contributed by atoms with Crippen LogP contribution in [0.3, 0.4) is 0 Å². The van der Waals surface area contributed by atoms with Gasteiger partial charge >= 0.3 is 0 Å². The average Bonchev–Trinajstić information content (AvgIpc) is 3.25. The fraction of sp³-hybridized carbons (Fsp3) is 0.850. The molecule has 0 radical (unpaired) electrons. The lowest BCUT2D eigenvalue weighted by molar-refractivity contribution is -0.197. The second kappa shape index (κ2) is 5.39. The van der Waals surface area contributed by atoms with E-state index in [0.29, 0.717) is 23.3 Å². The summed E-state index contributed by atoms with van der Waals surface area (Å²) in [4.78, 5) is 11.3. The van der Waals surface area contributed by atoms with Crippen LogP contribution in [0, 0.1) is 22.7 Å². The minimum atomic E-state index is -0.878. The van der Waals surface area contributed by atoms with E-state index >= 15 is 0 Å². The van der Waals surface area contributed by atoms with Crippen molar-refractivity contribution in [1.29, 1.82) is 0 Å². The molecule has 2 saturated carbocycles. The van der Waals surface area contributed by atoms with Gasteiger partial charge in [0.05, 0.1) is 18.3 Å². The van der Waals surface area contributed by atoms with Crippen LogP contribution in [-0.4, -0.2) is 36.0 Å². The van der Waals surface area contributed by atoms with E-state index in [9.17, 15) is 9.90 Å². The lowest BCUT2D eigenvalue weighted by Gasteiger charge is -2.60. The van der Waals surface area contributed by atoms with Crippen molar-refractivity contribution >= 4 is 6.29 Å². The van der Waals surface area contributed by atoms with Gasteiger partial charge < -0.3 is 14.6 Å². The number of fused-ring (bicyclic) bond motifs is 1. The molecule has 4 rings (SSSR count). The van der Waals surface area contributed by atoms with Crippen molar-refractivity contribution in [3.8, 4) is 0 Å². The van der Waals surface area contributed by atoms with Gasteiger partial charge in [-0.25, -0.2) is 0 Å². The molecule has 0 amide bonds. The van der Waals surface area contributed by atoms with E-state index < -0.39 is 6.29 Å². The van der Waals surface area contributed by atoms with Crippen LogP contribution in [0.4, 0.5) is 0 Å². The molecule has 0 aromatic carbocycles. The van der Waals surface area contributed by atoms with E-state index in [1.54, 1.807) is 0 Å². The van der Waals surface area contributed by atoms with Gasteiger partial charge in [-0.2, -0.15) is 0 Å². The number of epoxide rings is 1. The predicted molar refractivity (Wildman–Crippen MR) is 90.3 cm³/mol. The first kappa shape index (κ1) is 16.7. The van der Waals surface area contributed by atoms with Crippen molar-refractivity contribution in [3.05, 3.63) is 11.6 Å². The Balaban J connectivity index is 1.74. The van der Waals surface area contributed by atoms with Gasteiger partial charge in [0.2, 0.25) is 0 Å². The van der Waals surface area contributed by atoms with Crippen molar-refractivity contribution in [3.63, 3.8) is 0 Å². The summed E-state index contributed by atoms with van der Waals surface area (Å²) in [5.74, 6) is 0.850. The van der Waals surface area contributed by atoms with E-state index in [4.69, 9.17) is 9.47 Å². The summed E-state index contributed by atoms with van der Waals surface area (Å²) in [5, 5.41) is 10.1. The number of ether oxygens (including phenoxy) is 2. The Kier molecular flexibility index (Phi) is 3.76. The molecule has 4 heteroatoms. The molecule has 3 fully saturated rings. The lowest BCUT2D eigenvalue weighted by Crippen LogP contribution is -2.59. The topological polar surface area (TPSA) is 59.1 Å². The Morgan fingerprint density at radius 2 is 2.00 bits per heavy atom. The SMILES string of the molecule is CC1(C)CCC[C@@]2(C)[C@H]1CC[C@@]1(CO1)[C@@H]2[C@H]1C=C(C=O)C[C@@H](O)O1. The number of carbonyl (C=O) groups is 1. The quantitative estimate of drug-likeness (QED) is 0.622. The zero-order valence-corrected chi connectivity index (χ0v) is 15.1. The van der Waals surface area contributed by atoms with Gasteiger partial charge in [0.25, 0.3) is 0 Å². The number of hydrogen-bond acceptors (Lipinski definition) is 4. The second-order valence-corrected chi connectivity index (χ2v) is 9.39. The molecule has 6 atom stereocenters. The van der Waals surface area contributed by atoms with Crippen LogP contribution in [0.15, 0.2) is 11.6 Å². The van der Waals surface area contributed by atoms with Crippen LogP contribution < -0.4 is 0 Å². The Morgan fingerprint density at radius 3 is 2.67 bits per heavy atom. The smallest absolute Gasteiger partial charge is 0.159 e. The fourth-order valence-corrected chi connectivity index (χ4v) is 6.51. The van der Waals surface area contributed by atoms with E-state index in [0.717, 1.165) is 19.3 Å². The van der Waals surface area contributed by atoms with Crippen LogP contribution in [0.5, 0.6) is 0 Å². The zero-order chi connectivity index (χ0) is 17.2. The number of carbonyl (C=O) groups excluding carboxylic acids is 1. The molecular formula is C20H30O4. The van der Waals surface area contributed by atoms with Gasteiger partial charge in [-0.3, -0.25) is 4.79 Å². The third-order valence-electron chi connectivity index (χ3n) is 7.51. The van der Waals surface area contributed by atoms with Crippen LogP contribution >= 0.6 is 0 Å². The summed E-state index contributed by atoms with van der Waals surface area (Å²) in [6, 6.07) is 0. The zero-order valence-electron chi connectivity index (χ0n) is 15.1. The maximum atomic E-state index is 11.3. The highest BCUT2D eigenvalue weighted by atomic mass is 16.6. The highest BCUT2D eigenvalue weighted by Gasteiger charge is 2.67. The Morgan fingerprint density at radius 1 is 1.25 bits per heavy atom. The summed E-state index contributed by atoms with van der Waals surface area (Å²) in [6.45, 7) is 8.01. The van der Waals surface area contributed by atoms with Gasteiger partial charge in [0.15, 0.2) is 6.29 Å². The molecule has 1 saturated heterocycles. The van der Waals surface area contributed by atoms with E-state index in [-0.39, 0.29) is 23.0 Å². The third-order valence-corrected chi connectivity index (χ3v) is 7.51. The molecule has 2 heterocycles. The first-order valence-corrected chi connectivity index (χ1v) is 9.44. The van der Waals surface area contributed by atoms with Crippen molar-refractivity contribution in [2.24, 2.45) is 22.7 Å². The largest absolute Gasteiger partial charge is 0.369 e. The minimum Gasteiger partial charge on any atom is -0.369 e. The van der Waals surface area contributed by atoms with Gasteiger partial charge in [-0.1, -0.05) is 27.2 Å². The van der Waals surface area contributed by atoms with E-state index in [1.807, 2.05) is 6.08 Å². The average molecular weight is 334 g/mol. The molecule has 4 aliphatic rings. The molecule has 1 N–H and O–H groups in total. The van der Waals surface area contributed by atoms with E-state index in [2.05, 4.69) is 20.8 Å². The summed E-state index contributed by atoms with van der Waals surface area (Å²) in [7, 11) is 0. The molecule has 24 heavy (non-hydrogen) atoms. The standard InChI is InChI=1S/C20H30O4/c1-18(2)6-4-7-19(3)15(18)5-8-20(12-23-20)17(19)14-9-13(11-21)10-16(22)24-14/h9,11,14-17,22H,4-8,10,12H2,1-3H3/t14-,15+,16+,17-,19+,20-/m1/s1. The van der Waals surface area contributed by atoms with Gasteiger partial charge in [0.1, 0.15) is 6.29 Å². The first-order chi connectivity index (χ1) is 11.3. The molecule has 0 unspecified atom stereocenters. The maximum absolute atomic E-state index is 11.3. The van der Waals surface area contributed by atoms with Crippen LogP contribution in [-0.2, 0) is 14.3 Å². The van der Waals surface area contributed by atoms with Crippen LogP contribution in [0.1, 0.15) is 59.3 Å². The molecule has 134 valence electrons. The first-order valence-electron chi connectivity index (χ1n) is 9.44. The fourth-order valence-electron chi connectivity index (χ4n) is 6.51. The maximum Gasteiger partial charge on any atom is 0.159 e. The van der Waals surface area contributed by atoms with Gasteiger partial charge in [-0.15, -0.1) is 0 Å². The summed E-state index contributed by atoms with van der Waals surface area (Å²) >= 11 is 0. The van der Waals surface area contributed by atoms with Gasteiger partial charge in [0, 0.05) is 12.3 Å². The molecule has 0 aromatic heterocycles. The van der Waals surface area contributed by atoms with Crippen molar-refractivity contribution in [2.75, 3.05) is 6.61 Å². The molecule has 1 spiro atoms. The van der Waals surface area contributed by atoms with E-state index in [1.165, 1.54) is 25.7 Å². The Labute approximate surface area is 144 Å². The van der Waals surface area contributed by atoms with Crippen molar-refractivity contribution < 1.29 is 19.4 Å². The second-order valence-electron chi connectivity index (χ2n) is 9.39. The minimum absolute atomic E-state index is 0.106. The molecule has 2 aliphatic carbocycles. The van der Waals surface area contributed by atoms with Gasteiger partial charge in [-0.05, 0) is 54.1 Å².